The van der Waals surface area contributed by atoms with Crippen molar-refractivity contribution in [2.75, 3.05) is 26.8 Å². The van der Waals surface area contributed by atoms with Crippen LogP contribution in [0.5, 0.6) is 0 Å². The second kappa shape index (κ2) is 5.98. The number of likely N-dealkylation sites (N-methyl/N-ethyl adjacent to an activating group) is 1. The lowest BCUT2D eigenvalue weighted by Gasteiger charge is -2.31. The van der Waals surface area contributed by atoms with Crippen LogP contribution in [0.4, 0.5) is 0 Å². The van der Waals surface area contributed by atoms with Gasteiger partial charge in [-0.3, -0.25) is 4.79 Å². The summed E-state index contributed by atoms with van der Waals surface area (Å²) in [6.45, 7) is 3.92. The van der Waals surface area contributed by atoms with Gasteiger partial charge in [-0.1, -0.05) is 30.3 Å². The summed E-state index contributed by atoms with van der Waals surface area (Å²) in [5.74, 6) is 0.0889. The molecular formula is C14H20N2O2. The summed E-state index contributed by atoms with van der Waals surface area (Å²) < 4.78 is 5.33. The maximum absolute atomic E-state index is 12.3. The second-order valence-electron chi connectivity index (χ2n) is 4.62. The van der Waals surface area contributed by atoms with Crippen LogP contribution in [-0.2, 0) is 9.53 Å². The number of benzene rings is 1. The van der Waals surface area contributed by atoms with Crippen LogP contribution < -0.4 is 5.32 Å². The first-order valence-electron chi connectivity index (χ1n) is 6.33. The summed E-state index contributed by atoms with van der Waals surface area (Å²) in [6.07, 6.45) is 0. The van der Waals surface area contributed by atoms with Crippen molar-refractivity contribution >= 4 is 5.91 Å². The summed E-state index contributed by atoms with van der Waals surface area (Å²) in [5, 5.41) is 3.19. The third-order valence-electron chi connectivity index (χ3n) is 3.43. The van der Waals surface area contributed by atoms with Crippen LogP contribution >= 0.6 is 0 Å². The van der Waals surface area contributed by atoms with Crippen LogP contribution in [0.15, 0.2) is 30.3 Å². The van der Waals surface area contributed by atoms with E-state index in [0.29, 0.717) is 13.2 Å². The fourth-order valence-corrected chi connectivity index (χ4v) is 2.12. The second-order valence-corrected chi connectivity index (χ2v) is 4.62. The van der Waals surface area contributed by atoms with Gasteiger partial charge in [0, 0.05) is 13.6 Å². The smallest absolute Gasteiger partial charge is 0.242 e. The van der Waals surface area contributed by atoms with E-state index in [1.807, 2.05) is 44.3 Å². The molecule has 1 aromatic carbocycles. The molecule has 2 atom stereocenters. The van der Waals surface area contributed by atoms with E-state index < -0.39 is 0 Å². The maximum Gasteiger partial charge on any atom is 0.242 e. The number of morpholine rings is 1. The Labute approximate surface area is 108 Å². The van der Waals surface area contributed by atoms with E-state index in [-0.39, 0.29) is 18.0 Å². The first-order chi connectivity index (χ1) is 8.70. The number of carbonyl (C=O) groups is 1. The van der Waals surface area contributed by atoms with Crippen LogP contribution in [-0.4, -0.2) is 43.7 Å². The van der Waals surface area contributed by atoms with Gasteiger partial charge in [-0.25, -0.2) is 0 Å². The minimum absolute atomic E-state index is 0.0717. The van der Waals surface area contributed by atoms with Gasteiger partial charge in [0.15, 0.2) is 0 Å². The highest BCUT2D eigenvalue weighted by Gasteiger charge is 2.27. The van der Waals surface area contributed by atoms with Crippen molar-refractivity contribution in [1.82, 2.24) is 10.2 Å². The molecule has 1 aliphatic heterocycles. The lowest BCUT2D eigenvalue weighted by Crippen LogP contribution is -2.52. The first-order valence-corrected chi connectivity index (χ1v) is 6.33. The molecule has 1 aliphatic rings. The average molecular weight is 248 g/mol. The molecule has 1 heterocycles. The first kappa shape index (κ1) is 13.1. The van der Waals surface area contributed by atoms with Gasteiger partial charge >= 0.3 is 0 Å². The lowest BCUT2D eigenvalue weighted by atomic mass is 10.1. The molecule has 1 aromatic rings. The van der Waals surface area contributed by atoms with Gasteiger partial charge < -0.3 is 15.0 Å². The molecular weight excluding hydrogens is 228 g/mol. The zero-order chi connectivity index (χ0) is 13.0. The molecule has 98 valence electrons. The maximum atomic E-state index is 12.3. The van der Waals surface area contributed by atoms with Gasteiger partial charge in [-0.2, -0.15) is 0 Å². The number of carbonyl (C=O) groups excluding carboxylic acids is 1. The summed E-state index contributed by atoms with van der Waals surface area (Å²) in [5.41, 5.74) is 1.14. The highest BCUT2D eigenvalue weighted by Crippen LogP contribution is 2.19. The number of ether oxygens (including phenoxy) is 1. The highest BCUT2D eigenvalue weighted by molar-refractivity contribution is 5.82. The van der Waals surface area contributed by atoms with Crippen LogP contribution in [0.2, 0.25) is 0 Å². The SMILES string of the molecule is CC(c1ccccc1)N(C)C(=O)C1COCCN1. The molecule has 1 fully saturated rings. The summed E-state index contributed by atoms with van der Waals surface area (Å²) in [7, 11) is 1.84. The van der Waals surface area contributed by atoms with Crippen molar-refractivity contribution in [3.63, 3.8) is 0 Å². The third-order valence-corrected chi connectivity index (χ3v) is 3.43. The van der Waals surface area contributed by atoms with Gasteiger partial charge in [0.2, 0.25) is 5.91 Å². The minimum atomic E-state index is -0.213. The Morgan fingerprint density at radius 2 is 2.17 bits per heavy atom. The van der Waals surface area contributed by atoms with Crippen LogP contribution in [0.1, 0.15) is 18.5 Å². The van der Waals surface area contributed by atoms with E-state index >= 15 is 0 Å². The van der Waals surface area contributed by atoms with Crippen LogP contribution in [0.25, 0.3) is 0 Å². The molecule has 1 N–H and O–H groups in total. The van der Waals surface area contributed by atoms with E-state index in [0.717, 1.165) is 12.1 Å². The van der Waals surface area contributed by atoms with Crippen LogP contribution in [0, 0.1) is 0 Å². The van der Waals surface area contributed by atoms with Gasteiger partial charge in [-0.15, -0.1) is 0 Å². The molecule has 4 nitrogen and oxygen atoms in total. The Bertz CT molecular complexity index is 388. The highest BCUT2D eigenvalue weighted by atomic mass is 16.5. The molecule has 0 radical (unpaired) electrons. The van der Waals surface area contributed by atoms with E-state index in [1.54, 1.807) is 4.90 Å². The van der Waals surface area contributed by atoms with Crippen molar-refractivity contribution in [2.45, 2.75) is 19.0 Å². The fraction of sp³-hybridized carbons (Fsp3) is 0.500. The number of nitrogens with zero attached hydrogens (tertiary/aromatic N) is 1. The van der Waals surface area contributed by atoms with E-state index in [2.05, 4.69) is 5.32 Å². The predicted octanol–water partition coefficient (Wildman–Crippen LogP) is 1.19. The van der Waals surface area contributed by atoms with Crippen molar-refractivity contribution in [3.05, 3.63) is 35.9 Å². The predicted molar refractivity (Wildman–Crippen MR) is 70.2 cm³/mol. The molecule has 2 unspecified atom stereocenters. The van der Waals surface area contributed by atoms with Crippen LogP contribution in [0.3, 0.4) is 0 Å². The molecule has 0 saturated carbocycles. The van der Waals surface area contributed by atoms with Gasteiger partial charge in [-0.05, 0) is 12.5 Å². The van der Waals surface area contributed by atoms with E-state index in [9.17, 15) is 4.79 Å². The molecule has 18 heavy (non-hydrogen) atoms. The summed E-state index contributed by atoms with van der Waals surface area (Å²) in [4.78, 5) is 14.1. The van der Waals surface area contributed by atoms with E-state index in [4.69, 9.17) is 4.74 Å². The Morgan fingerprint density at radius 1 is 1.44 bits per heavy atom. The molecule has 0 aromatic heterocycles. The number of rotatable bonds is 3. The Hall–Kier alpha value is -1.39. The van der Waals surface area contributed by atoms with Gasteiger partial charge in [0.1, 0.15) is 6.04 Å². The molecule has 0 spiro atoms. The Balaban J connectivity index is 2.01. The van der Waals surface area contributed by atoms with Crippen molar-refractivity contribution < 1.29 is 9.53 Å². The topological polar surface area (TPSA) is 41.6 Å². The standard InChI is InChI=1S/C14H20N2O2/c1-11(12-6-4-3-5-7-12)16(2)14(17)13-10-18-9-8-15-13/h3-7,11,13,15H,8-10H2,1-2H3. The molecule has 4 heteroatoms. The average Bonchev–Trinajstić information content (AvgIpc) is 2.47. The molecule has 1 saturated heterocycles. The lowest BCUT2D eigenvalue weighted by molar-refractivity contribution is -0.137. The van der Waals surface area contributed by atoms with Gasteiger partial charge in [0.25, 0.3) is 0 Å². The molecule has 1 amide bonds. The third kappa shape index (κ3) is 2.89. The van der Waals surface area contributed by atoms with Crippen molar-refractivity contribution in [1.29, 1.82) is 0 Å². The zero-order valence-electron chi connectivity index (χ0n) is 10.9. The molecule has 2 rings (SSSR count). The fourth-order valence-electron chi connectivity index (χ4n) is 2.12. The van der Waals surface area contributed by atoms with E-state index in [1.165, 1.54) is 0 Å². The van der Waals surface area contributed by atoms with Gasteiger partial charge in [0.05, 0.1) is 19.3 Å². The van der Waals surface area contributed by atoms with Crippen molar-refractivity contribution in [3.8, 4) is 0 Å². The Kier molecular flexibility index (Phi) is 4.33. The molecule has 0 bridgehead atoms. The Morgan fingerprint density at radius 3 is 2.78 bits per heavy atom. The largest absolute Gasteiger partial charge is 0.378 e. The van der Waals surface area contributed by atoms with Crippen molar-refractivity contribution in [2.24, 2.45) is 0 Å². The minimum Gasteiger partial charge on any atom is -0.378 e. The number of hydrogen-bond acceptors (Lipinski definition) is 3. The number of hydrogen-bond donors (Lipinski definition) is 1. The molecule has 0 aliphatic carbocycles. The number of nitrogens with one attached hydrogen (secondary N) is 1. The quantitative estimate of drug-likeness (QED) is 0.873. The zero-order valence-corrected chi connectivity index (χ0v) is 10.9. The normalized spacial score (nSPS) is 21.3. The monoisotopic (exact) mass is 248 g/mol. The summed E-state index contributed by atoms with van der Waals surface area (Å²) in [6, 6.07) is 9.91. The number of amides is 1. The summed E-state index contributed by atoms with van der Waals surface area (Å²) >= 11 is 0.